The van der Waals surface area contributed by atoms with Crippen molar-refractivity contribution in [1.29, 1.82) is 0 Å². The molecule has 3 aromatic carbocycles. The fourth-order valence-electron chi connectivity index (χ4n) is 4.37. The molecule has 3 aromatic rings. The van der Waals surface area contributed by atoms with Crippen LogP contribution in [0.1, 0.15) is 50.4 Å². The Labute approximate surface area is 209 Å². The summed E-state index contributed by atoms with van der Waals surface area (Å²) in [5, 5.41) is 21.2. The van der Waals surface area contributed by atoms with Crippen molar-refractivity contribution in [2.24, 2.45) is 0 Å². The highest BCUT2D eigenvalue weighted by Gasteiger charge is 2.47. The zero-order chi connectivity index (χ0) is 26.2. The molecular weight excluding hydrogens is 461 g/mol. The van der Waals surface area contributed by atoms with Crippen molar-refractivity contribution in [3.8, 4) is 11.5 Å². The minimum absolute atomic E-state index is 0.0128. The molecular formula is C29H28FNO5. The highest BCUT2D eigenvalue weighted by atomic mass is 19.1. The van der Waals surface area contributed by atoms with E-state index in [9.17, 15) is 24.2 Å². The smallest absolute Gasteiger partial charge is 0.300 e. The maximum atomic E-state index is 13.6. The van der Waals surface area contributed by atoms with Gasteiger partial charge in [0.25, 0.3) is 11.7 Å². The van der Waals surface area contributed by atoms with Crippen LogP contribution in [0.25, 0.3) is 5.76 Å². The van der Waals surface area contributed by atoms with Crippen LogP contribution in [0.3, 0.4) is 0 Å². The molecule has 36 heavy (non-hydrogen) atoms. The summed E-state index contributed by atoms with van der Waals surface area (Å²) in [7, 11) is 0. The normalized spacial score (nSPS) is 17.5. The number of ketones is 1. The maximum absolute atomic E-state index is 13.6. The third kappa shape index (κ3) is 4.56. The van der Waals surface area contributed by atoms with Crippen LogP contribution in [0.5, 0.6) is 11.5 Å². The summed E-state index contributed by atoms with van der Waals surface area (Å²) in [6, 6.07) is 15.4. The van der Waals surface area contributed by atoms with E-state index in [1.54, 1.807) is 30.3 Å². The second kappa shape index (κ2) is 9.49. The summed E-state index contributed by atoms with van der Waals surface area (Å²) in [6.07, 6.45) is 0. The number of aliphatic hydroxyl groups is 1. The van der Waals surface area contributed by atoms with Crippen molar-refractivity contribution in [3.63, 3.8) is 0 Å². The Morgan fingerprint density at radius 1 is 1.00 bits per heavy atom. The molecule has 0 aromatic heterocycles. The van der Waals surface area contributed by atoms with Gasteiger partial charge in [0.2, 0.25) is 0 Å². The summed E-state index contributed by atoms with van der Waals surface area (Å²) in [4.78, 5) is 27.8. The quantitative estimate of drug-likeness (QED) is 0.267. The lowest BCUT2D eigenvalue weighted by Gasteiger charge is -2.26. The van der Waals surface area contributed by atoms with Gasteiger partial charge in [0.15, 0.2) is 0 Å². The number of benzene rings is 3. The Hall–Kier alpha value is -4.13. The van der Waals surface area contributed by atoms with Crippen LogP contribution in [0.4, 0.5) is 10.1 Å². The summed E-state index contributed by atoms with van der Waals surface area (Å²) in [5.41, 5.74) is 1.58. The molecule has 1 aliphatic heterocycles. The first-order valence-corrected chi connectivity index (χ1v) is 11.7. The van der Waals surface area contributed by atoms with E-state index in [2.05, 4.69) is 0 Å². The molecule has 4 rings (SSSR count). The molecule has 186 valence electrons. The van der Waals surface area contributed by atoms with E-state index in [1.165, 1.54) is 41.3 Å². The first-order valence-electron chi connectivity index (χ1n) is 11.7. The fraction of sp³-hybridized carbons (Fsp3) is 0.241. The average Bonchev–Trinajstić information content (AvgIpc) is 3.10. The second-order valence-corrected chi connectivity index (χ2v) is 9.63. The van der Waals surface area contributed by atoms with Crippen molar-refractivity contribution in [2.75, 3.05) is 11.5 Å². The summed E-state index contributed by atoms with van der Waals surface area (Å²) in [6.45, 7) is 8.39. The average molecular weight is 490 g/mol. The molecule has 7 heteroatoms. The predicted molar refractivity (Wildman–Crippen MR) is 136 cm³/mol. The monoisotopic (exact) mass is 489 g/mol. The Morgan fingerprint density at radius 3 is 2.22 bits per heavy atom. The molecule has 0 aliphatic carbocycles. The number of phenolic OH excluding ortho intramolecular Hbond substituents is 1. The van der Waals surface area contributed by atoms with Crippen LogP contribution in [-0.2, 0) is 15.0 Å². The van der Waals surface area contributed by atoms with Crippen LogP contribution in [0.2, 0.25) is 0 Å². The topological polar surface area (TPSA) is 87.1 Å². The van der Waals surface area contributed by atoms with Gasteiger partial charge in [-0.2, -0.15) is 0 Å². The highest BCUT2D eigenvalue weighted by molar-refractivity contribution is 6.51. The first-order chi connectivity index (χ1) is 17.0. The number of halogens is 1. The van der Waals surface area contributed by atoms with Gasteiger partial charge < -0.3 is 14.9 Å². The largest absolute Gasteiger partial charge is 0.508 e. The minimum atomic E-state index is -0.985. The van der Waals surface area contributed by atoms with E-state index >= 15 is 0 Å². The fourth-order valence-corrected chi connectivity index (χ4v) is 4.37. The van der Waals surface area contributed by atoms with Crippen molar-refractivity contribution in [3.05, 3.63) is 94.8 Å². The molecule has 6 nitrogen and oxygen atoms in total. The Balaban J connectivity index is 1.94. The molecule has 1 aliphatic rings. The van der Waals surface area contributed by atoms with Crippen LogP contribution in [0, 0.1) is 5.82 Å². The van der Waals surface area contributed by atoms with Gasteiger partial charge in [0.05, 0.1) is 18.2 Å². The molecule has 1 fully saturated rings. The first kappa shape index (κ1) is 25.0. The van der Waals surface area contributed by atoms with Crippen molar-refractivity contribution in [2.45, 2.75) is 39.2 Å². The predicted octanol–water partition coefficient (Wildman–Crippen LogP) is 5.85. The van der Waals surface area contributed by atoms with E-state index in [4.69, 9.17) is 4.74 Å². The minimum Gasteiger partial charge on any atom is -0.508 e. The number of phenols is 1. The number of ether oxygens (including phenoxy) is 1. The molecule has 1 atom stereocenters. The third-order valence-corrected chi connectivity index (χ3v) is 6.12. The number of carbonyl (C=O) groups is 2. The van der Waals surface area contributed by atoms with Crippen LogP contribution >= 0.6 is 0 Å². The van der Waals surface area contributed by atoms with E-state index in [1.807, 2.05) is 27.7 Å². The van der Waals surface area contributed by atoms with Crippen molar-refractivity contribution in [1.82, 2.24) is 0 Å². The van der Waals surface area contributed by atoms with Gasteiger partial charge in [-0.3, -0.25) is 14.5 Å². The van der Waals surface area contributed by atoms with Crippen molar-refractivity contribution < 1.29 is 28.9 Å². The lowest BCUT2D eigenvalue weighted by Crippen LogP contribution is -2.29. The number of hydrogen-bond acceptors (Lipinski definition) is 5. The molecule has 2 N–H and O–H groups in total. The number of Topliss-reactive ketones (excluding diaryl/α,β-unsaturated/α-hetero) is 1. The number of rotatable bonds is 5. The SMILES string of the molecule is CCOc1ccc(/C(O)=C2/C(=O)C(=O)N(c3ccc(F)cc3)C2c2ccc(O)cc2)cc1C(C)(C)C. The number of amides is 1. The molecule has 0 spiro atoms. The van der Waals surface area contributed by atoms with Crippen LogP contribution in [0.15, 0.2) is 72.3 Å². The molecule has 1 saturated heterocycles. The summed E-state index contributed by atoms with van der Waals surface area (Å²) < 4.78 is 19.4. The van der Waals surface area contributed by atoms with E-state index < -0.39 is 23.5 Å². The zero-order valence-electron chi connectivity index (χ0n) is 20.6. The van der Waals surface area contributed by atoms with E-state index in [0.29, 0.717) is 29.2 Å². The lowest BCUT2D eigenvalue weighted by molar-refractivity contribution is -0.132. The van der Waals surface area contributed by atoms with Crippen LogP contribution in [-0.4, -0.2) is 28.5 Å². The number of aliphatic hydroxyl groups excluding tert-OH is 1. The number of nitrogens with zero attached hydrogens (tertiary/aromatic N) is 1. The Kier molecular flexibility index (Phi) is 6.59. The molecule has 1 heterocycles. The number of aromatic hydroxyl groups is 1. The summed E-state index contributed by atoms with van der Waals surface area (Å²) >= 11 is 0. The molecule has 0 bridgehead atoms. The Bertz CT molecular complexity index is 1340. The van der Waals surface area contributed by atoms with Crippen molar-refractivity contribution >= 4 is 23.1 Å². The van der Waals surface area contributed by atoms with Gasteiger partial charge in [0, 0.05) is 16.8 Å². The number of anilines is 1. The summed E-state index contributed by atoms with van der Waals surface area (Å²) in [5.74, 6) is -1.84. The van der Waals surface area contributed by atoms with Gasteiger partial charge in [0.1, 0.15) is 23.1 Å². The zero-order valence-corrected chi connectivity index (χ0v) is 20.6. The highest BCUT2D eigenvalue weighted by Crippen LogP contribution is 2.43. The molecule has 0 radical (unpaired) electrons. The van der Waals surface area contributed by atoms with E-state index in [-0.39, 0.29) is 22.5 Å². The van der Waals surface area contributed by atoms with Gasteiger partial charge >= 0.3 is 0 Å². The van der Waals surface area contributed by atoms with Gasteiger partial charge in [-0.25, -0.2) is 4.39 Å². The lowest BCUT2D eigenvalue weighted by atomic mass is 9.84. The van der Waals surface area contributed by atoms with Gasteiger partial charge in [-0.1, -0.05) is 32.9 Å². The number of hydrogen-bond donors (Lipinski definition) is 2. The molecule has 0 saturated carbocycles. The maximum Gasteiger partial charge on any atom is 0.300 e. The van der Waals surface area contributed by atoms with Crippen LogP contribution < -0.4 is 9.64 Å². The molecule has 1 amide bonds. The second-order valence-electron chi connectivity index (χ2n) is 9.63. The van der Waals surface area contributed by atoms with E-state index in [0.717, 1.165) is 5.56 Å². The number of carbonyl (C=O) groups excluding carboxylic acids is 2. The Morgan fingerprint density at radius 2 is 1.64 bits per heavy atom. The van der Waals surface area contributed by atoms with Gasteiger partial charge in [-0.05, 0) is 72.5 Å². The third-order valence-electron chi connectivity index (χ3n) is 6.12. The molecule has 1 unspecified atom stereocenters. The van der Waals surface area contributed by atoms with Gasteiger partial charge in [-0.15, -0.1) is 0 Å². The standard InChI is InChI=1S/C29H28FNO5/c1-5-36-23-15-8-18(16-22(23)29(2,3)4)26(33)24-25(17-6-13-21(32)14-7-17)31(28(35)27(24)34)20-11-9-19(30)10-12-20/h6-16,25,32-33H,5H2,1-4H3/b26-24-.